The fraction of sp³-hybridized carbons (Fsp3) is 0.875. The molecule has 0 spiro atoms. The van der Waals surface area contributed by atoms with Crippen LogP contribution in [0.3, 0.4) is 0 Å². The van der Waals surface area contributed by atoms with Crippen molar-refractivity contribution in [1.29, 1.82) is 0 Å². The van der Waals surface area contributed by atoms with E-state index in [2.05, 4.69) is 11.8 Å². The second-order valence-corrected chi connectivity index (χ2v) is 2.83. The lowest BCUT2D eigenvalue weighted by molar-refractivity contribution is -0.108. The maximum Gasteiger partial charge on any atom is 0.121 e. The van der Waals surface area contributed by atoms with Gasteiger partial charge in [-0.3, -0.25) is 0 Å². The van der Waals surface area contributed by atoms with E-state index in [1.54, 1.807) is 0 Å². The van der Waals surface area contributed by atoms with Crippen molar-refractivity contribution in [2.24, 2.45) is 0 Å². The number of aldehydes is 1. The number of nitrogens with zero attached hydrogens (tertiary/aromatic N) is 1. The van der Waals surface area contributed by atoms with Crippen LogP contribution in [0.25, 0.3) is 0 Å². The van der Waals surface area contributed by atoms with Gasteiger partial charge in [-0.1, -0.05) is 6.92 Å². The Labute approximate surface area is 62.2 Å². The Balaban J connectivity index is 2.34. The van der Waals surface area contributed by atoms with Crippen molar-refractivity contribution in [1.82, 2.24) is 4.90 Å². The minimum atomic E-state index is 0.558. The van der Waals surface area contributed by atoms with Crippen molar-refractivity contribution in [3.63, 3.8) is 0 Å². The molecule has 1 saturated heterocycles. The third kappa shape index (κ3) is 1.57. The highest BCUT2D eigenvalue weighted by Crippen LogP contribution is 2.17. The molecule has 1 unspecified atom stereocenters. The molecule has 0 radical (unpaired) electrons. The summed E-state index contributed by atoms with van der Waals surface area (Å²) in [5.41, 5.74) is 0. The van der Waals surface area contributed by atoms with E-state index < -0.39 is 0 Å². The summed E-state index contributed by atoms with van der Waals surface area (Å²) in [6, 6.07) is 0.558. The van der Waals surface area contributed by atoms with E-state index in [9.17, 15) is 4.79 Å². The molecule has 1 heterocycles. The van der Waals surface area contributed by atoms with Gasteiger partial charge in [-0.25, -0.2) is 0 Å². The topological polar surface area (TPSA) is 20.3 Å². The SMILES string of the molecule is CCN1CCCC1CC=O. The summed E-state index contributed by atoms with van der Waals surface area (Å²) in [5, 5.41) is 0. The molecular weight excluding hydrogens is 126 g/mol. The average Bonchev–Trinajstić information content (AvgIpc) is 2.36. The van der Waals surface area contributed by atoms with Crippen molar-refractivity contribution in [3.8, 4) is 0 Å². The number of likely N-dealkylation sites (tertiary alicyclic amines) is 1. The zero-order valence-corrected chi connectivity index (χ0v) is 6.55. The van der Waals surface area contributed by atoms with E-state index in [-0.39, 0.29) is 0 Å². The molecule has 0 amide bonds. The smallest absolute Gasteiger partial charge is 0.121 e. The molecule has 10 heavy (non-hydrogen) atoms. The molecule has 1 aliphatic heterocycles. The first-order chi connectivity index (χ1) is 4.88. The lowest BCUT2D eigenvalue weighted by Gasteiger charge is -2.19. The van der Waals surface area contributed by atoms with Gasteiger partial charge in [-0.2, -0.15) is 0 Å². The van der Waals surface area contributed by atoms with Crippen LogP contribution < -0.4 is 0 Å². The summed E-state index contributed by atoms with van der Waals surface area (Å²) in [6.45, 7) is 4.44. The molecule has 1 aliphatic rings. The summed E-state index contributed by atoms with van der Waals surface area (Å²) in [5.74, 6) is 0. The van der Waals surface area contributed by atoms with Crippen LogP contribution in [0.4, 0.5) is 0 Å². The van der Waals surface area contributed by atoms with Gasteiger partial charge < -0.3 is 9.69 Å². The van der Waals surface area contributed by atoms with E-state index in [1.807, 2.05) is 0 Å². The predicted molar refractivity (Wildman–Crippen MR) is 41.0 cm³/mol. The zero-order chi connectivity index (χ0) is 7.40. The first kappa shape index (κ1) is 7.73. The third-order valence-electron chi connectivity index (χ3n) is 2.27. The van der Waals surface area contributed by atoms with Crippen molar-refractivity contribution >= 4 is 6.29 Å². The molecule has 1 rings (SSSR count). The number of rotatable bonds is 3. The maximum absolute atomic E-state index is 10.2. The van der Waals surface area contributed by atoms with Gasteiger partial charge >= 0.3 is 0 Å². The molecule has 58 valence electrons. The fourth-order valence-electron chi connectivity index (χ4n) is 1.69. The molecule has 1 atom stereocenters. The van der Waals surface area contributed by atoms with E-state index in [0.29, 0.717) is 6.04 Å². The van der Waals surface area contributed by atoms with Gasteiger partial charge in [0.25, 0.3) is 0 Å². The molecular formula is C8H15NO. The molecule has 0 aromatic carbocycles. The second-order valence-electron chi connectivity index (χ2n) is 2.83. The third-order valence-corrected chi connectivity index (χ3v) is 2.27. The minimum Gasteiger partial charge on any atom is -0.303 e. The Morgan fingerprint density at radius 3 is 3.10 bits per heavy atom. The van der Waals surface area contributed by atoms with Crippen LogP contribution in [0.2, 0.25) is 0 Å². The van der Waals surface area contributed by atoms with Crippen molar-refractivity contribution < 1.29 is 4.79 Å². The normalized spacial score (nSPS) is 27.1. The Hall–Kier alpha value is -0.370. The predicted octanol–water partition coefficient (Wildman–Crippen LogP) is 1.06. The van der Waals surface area contributed by atoms with Crippen LogP contribution in [0, 0.1) is 0 Å². The molecule has 0 N–H and O–H groups in total. The fourth-order valence-corrected chi connectivity index (χ4v) is 1.69. The van der Waals surface area contributed by atoms with Crippen LogP contribution in [0.15, 0.2) is 0 Å². The molecule has 0 bridgehead atoms. The van der Waals surface area contributed by atoms with Gasteiger partial charge in [0.1, 0.15) is 6.29 Å². The van der Waals surface area contributed by atoms with E-state index in [1.165, 1.54) is 19.4 Å². The van der Waals surface area contributed by atoms with Gasteiger partial charge in [-0.05, 0) is 25.9 Å². The lowest BCUT2D eigenvalue weighted by atomic mass is 10.2. The van der Waals surface area contributed by atoms with Gasteiger partial charge in [-0.15, -0.1) is 0 Å². The average molecular weight is 141 g/mol. The van der Waals surface area contributed by atoms with E-state index in [0.717, 1.165) is 19.3 Å². The van der Waals surface area contributed by atoms with Gasteiger partial charge in [0.2, 0.25) is 0 Å². The van der Waals surface area contributed by atoms with Crippen molar-refractivity contribution in [2.45, 2.75) is 32.2 Å². The van der Waals surface area contributed by atoms with Crippen molar-refractivity contribution in [3.05, 3.63) is 0 Å². The highest BCUT2D eigenvalue weighted by molar-refractivity contribution is 5.50. The monoisotopic (exact) mass is 141 g/mol. The van der Waals surface area contributed by atoms with Crippen molar-refractivity contribution in [2.75, 3.05) is 13.1 Å². The first-order valence-electron chi connectivity index (χ1n) is 4.06. The molecule has 0 aromatic rings. The largest absolute Gasteiger partial charge is 0.303 e. The highest BCUT2D eigenvalue weighted by Gasteiger charge is 2.21. The molecule has 0 aromatic heterocycles. The van der Waals surface area contributed by atoms with Crippen LogP contribution in [0.1, 0.15) is 26.2 Å². The lowest BCUT2D eigenvalue weighted by Crippen LogP contribution is -2.29. The van der Waals surface area contributed by atoms with Gasteiger partial charge in [0, 0.05) is 12.5 Å². The summed E-state index contributed by atoms with van der Waals surface area (Å²) in [4.78, 5) is 12.6. The van der Waals surface area contributed by atoms with Gasteiger partial charge in [0.05, 0.1) is 0 Å². The van der Waals surface area contributed by atoms with Crippen LogP contribution >= 0.6 is 0 Å². The molecule has 0 aliphatic carbocycles. The number of carbonyl (C=O) groups excluding carboxylic acids is 1. The number of hydrogen-bond donors (Lipinski definition) is 0. The minimum absolute atomic E-state index is 0.558. The molecule has 2 nitrogen and oxygen atoms in total. The Morgan fingerprint density at radius 1 is 1.70 bits per heavy atom. The number of carbonyl (C=O) groups is 1. The Bertz CT molecular complexity index is 114. The highest BCUT2D eigenvalue weighted by atomic mass is 16.1. The van der Waals surface area contributed by atoms with Crippen LogP contribution in [0.5, 0.6) is 0 Å². The molecule has 2 heteroatoms. The first-order valence-corrected chi connectivity index (χ1v) is 4.06. The standard InChI is InChI=1S/C8H15NO/c1-2-9-6-3-4-8(9)5-7-10/h7-8H,2-6H2,1H3. The molecule has 1 fully saturated rings. The molecule has 0 saturated carbocycles. The van der Waals surface area contributed by atoms with Crippen LogP contribution in [-0.2, 0) is 4.79 Å². The van der Waals surface area contributed by atoms with E-state index in [4.69, 9.17) is 0 Å². The maximum atomic E-state index is 10.2. The Kier molecular flexibility index (Phi) is 2.87. The summed E-state index contributed by atoms with van der Waals surface area (Å²) in [6.07, 6.45) is 4.26. The quantitative estimate of drug-likeness (QED) is 0.548. The van der Waals surface area contributed by atoms with Gasteiger partial charge in [0.15, 0.2) is 0 Å². The summed E-state index contributed by atoms with van der Waals surface area (Å²) in [7, 11) is 0. The Morgan fingerprint density at radius 2 is 2.50 bits per heavy atom. The van der Waals surface area contributed by atoms with Crippen LogP contribution in [-0.4, -0.2) is 30.3 Å². The summed E-state index contributed by atoms with van der Waals surface area (Å²) < 4.78 is 0. The zero-order valence-electron chi connectivity index (χ0n) is 6.55. The second kappa shape index (κ2) is 3.71. The summed E-state index contributed by atoms with van der Waals surface area (Å²) >= 11 is 0. The number of hydrogen-bond acceptors (Lipinski definition) is 2. The van der Waals surface area contributed by atoms with E-state index >= 15 is 0 Å².